The molecule has 1 unspecified atom stereocenters. The van der Waals surface area contributed by atoms with E-state index in [0.717, 1.165) is 13.0 Å². The van der Waals surface area contributed by atoms with E-state index in [2.05, 4.69) is 10.6 Å². The predicted molar refractivity (Wildman–Crippen MR) is 66.1 cm³/mol. The molecule has 3 nitrogen and oxygen atoms in total. The average molecular weight is 238 g/mol. The Bertz CT molecular complexity index is 368. The van der Waals surface area contributed by atoms with Crippen molar-refractivity contribution in [3.63, 3.8) is 0 Å². The summed E-state index contributed by atoms with van der Waals surface area (Å²) in [6.45, 7) is 2.59. The first-order valence-electron chi connectivity index (χ1n) is 5.83. The minimum absolute atomic E-state index is 0.0454. The van der Waals surface area contributed by atoms with Gasteiger partial charge in [-0.1, -0.05) is 18.2 Å². The van der Waals surface area contributed by atoms with E-state index in [0.29, 0.717) is 12.0 Å². The minimum atomic E-state index is -0.293. The maximum absolute atomic E-state index is 13.4. The molecule has 4 heteroatoms. The Morgan fingerprint density at radius 1 is 1.41 bits per heavy atom. The van der Waals surface area contributed by atoms with Crippen molar-refractivity contribution >= 4 is 5.91 Å². The third-order valence-corrected chi connectivity index (χ3v) is 2.58. The standard InChI is InChI=1S/C13H19FN2O/c1-10(11-6-3-4-7-12(11)14)16-13(17)8-5-9-15-2/h3-4,6-7,10,15H,5,8-9H2,1-2H3,(H,16,17). The molecule has 94 valence electrons. The summed E-state index contributed by atoms with van der Waals surface area (Å²) in [4.78, 5) is 11.6. The topological polar surface area (TPSA) is 41.1 Å². The van der Waals surface area contributed by atoms with Crippen LogP contribution >= 0.6 is 0 Å². The molecular weight excluding hydrogens is 219 g/mol. The second-order valence-electron chi connectivity index (χ2n) is 4.02. The number of nitrogens with one attached hydrogen (secondary N) is 2. The average Bonchev–Trinajstić information content (AvgIpc) is 2.29. The quantitative estimate of drug-likeness (QED) is 0.744. The van der Waals surface area contributed by atoms with Gasteiger partial charge in [0.25, 0.3) is 0 Å². The highest BCUT2D eigenvalue weighted by Crippen LogP contribution is 2.15. The van der Waals surface area contributed by atoms with Crippen LogP contribution in [0, 0.1) is 5.82 Å². The highest BCUT2D eigenvalue weighted by molar-refractivity contribution is 5.76. The van der Waals surface area contributed by atoms with Gasteiger partial charge >= 0.3 is 0 Å². The lowest BCUT2D eigenvalue weighted by atomic mass is 10.1. The Kier molecular flexibility index (Phi) is 5.63. The molecular formula is C13H19FN2O. The number of halogens is 1. The molecule has 0 heterocycles. The molecule has 0 spiro atoms. The van der Waals surface area contributed by atoms with Gasteiger partial charge in [-0.3, -0.25) is 4.79 Å². The van der Waals surface area contributed by atoms with Gasteiger partial charge < -0.3 is 10.6 Å². The van der Waals surface area contributed by atoms with Crippen molar-refractivity contribution in [2.24, 2.45) is 0 Å². The van der Waals surface area contributed by atoms with E-state index in [1.54, 1.807) is 25.1 Å². The van der Waals surface area contributed by atoms with Gasteiger partial charge in [0.2, 0.25) is 5.91 Å². The number of hydrogen-bond acceptors (Lipinski definition) is 2. The Balaban J connectivity index is 2.46. The molecule has 0 saturated heterocycles. The van der Waals surface area contributed by atoms with Gasteiger partial charge in [0.1, 0.15) is 5.82 Å². The molecule has 0 aliphatic carbocycles. The Hall–Kier alpha value is -1.42. The number of rotatable bonds is 6. The fourth-order valence-electron chi connectivity index (χ4n) is 1.64. The number of benzene rings is 1. The van der Waals surface area contributed by atoms with E-state index >= 15 is 0 Å². The Morgan fingerprint density at radius 2 is 2.12 bits per heavy atom. The number of amides is 1. The van der Waals surface area contributed by atoms with Gasteiger partial charge in [0, 0.05) is 12.0 Å². The van der Waals surface area contributed by atoms with Gasteiger partial charge in [-0.25, -0.2) is 4.39 Å². The third kappa shape index (κ3) is 4.53. The van der Waals surface area contributed by atoms with Crippen LogP contribution < -0.4 is 10.6 Å². The number of carbonyl (C=O) groups excluding carboxylic acids is 1. The lowest BCUT2D eigenvalue weighted by molar-refractivity contribution is -0.121. The second-order valence-corrected chi connectivity index (χ2v) is 4.02. The molecule has 1 aromatic carbocycles. The summed E-state index contributed by atoms with van der Waals surface area (Å²) in [5.74, 6) is -0.327. The summed E-state index contributed by atoms with van der Waals surface area (Å²) in [6, 6.07) is 6.20. The third-order valence-electron chi connectivity index (χ3n) is 2.58. The van der Waals surface area contributed by atoms with Crippen molar-refractivity contribution in [2.75, 3.05) is 13.6 Å². The molecule has 1 amide bonds. The zero-order valence-corrected chi connectivity index (χ0v) is 10.3. The summed E-state index contributed by atoms with van der Waals surface area (Å²) in [5, 5.41) is 5.77. The first-order chi connectivity index (χ1) is 8.15. The zero-order valence-electron chi connectivity index (χ0n) is 10.3. The van der Waals surface area contributed by atoms with Gasteiger partial charge in [-0.2, -0.15) is 0 Å². The Morgan fingerprint density at radius 3 is 2.76 bits per heavy atom. The summed E-state index contributed by atoms with van der Waals surface area (Å²) < 4.78 is 13.4. The fraction of sp³-hybridized carbons (Fsp3) is 0.462. The second kappa shape index (κ2) is 7.01. The molecule has 0 aliphatic heterocycles. The number of carbonyl (C=O) groups is 1. The smallest absolute Gasteiger partial charge is 0.220 e. The molecule has 1 rings (SSSR count). The molecule has 17 heavy (non-hydrogen) atoms. The normalized spacial score (nSPS) is 12.2. The van der Waals surface area contributed by atoms with Gasteiger partial charge in [0.05, 0.1) is 6.04 Å². The van der Waals surface area contributed by atoms with Crippen molar-refractivity contribution < 1.29 is 9.18 Å². The molecule has 0 radical (unpaired) electrons. The lowest BCUT2D eigenvalue weighted by Crippen LogP contribution is -2.27. The van der Waals surface area contributed by atoms with Crippen LogP contribution in [0.25, 0.3) is 0 Å². The SMILES string of the molecule is CNCCCC(=O)NC(C)c1ccccc1F. The molecule has 1 aromatic rings. The zero-order chi connectivity index (χ0) is 12.7. The van der Waals surface area contributed by atoms with Gasteiger partial charge in [-0.05, 0) is 33.0 Å². The molecule has 1 atom stereocenters. The van der Waals surface area contributed by atoms with Crippen LogP contribution in [0.4, 0.5) is 4.39 Å². The molecule has 2 N–H and O–H groups in total. The van der Waals surface area contributed by atoms with Crippen molar-refractivity contribution in [2.45, 2.75) is 25.8 Å². The summed E-state index contributed by atoms with van der Waals surface area (Å²) >= 11 is 0. The van der Waals surface area contributed by atoms with E-state index in [1.165, 1.54) is 6.07 Å². The minimum Gasteiger partial charge on any atom is -0.349 e. The molecule has 0 fully saturated rings. The first kappa shape index (κ1) is 13.6. The van der Waals surface area contributed by atoms with Crippen molar-refractivity contribution in [1.82, 2.24) is 10.6 Å². The van der Waals surface area contributed by atoms with E-state index in [9.17, 15) is 9.18 Å². The predicted octanol–water partition coefficient (Wildman–Crippen LogP) is 2.00. The number of hydrogen-bond donors (Lipinski definition) is 2. The monoisotopic (exact) mass is 238 g/mol. The van der Waals surface area contributed by atoms with Crippen molar-refractivity contribution in [1.29, 1.82) is 0 Å². The van der Waals surface area contributed by atoms with Crippen LogP contribution in [0.15, 0.2) is 24.3 Å². The maximum atomic E-state index is 13.4. The highest BCUT2D eigenvalue weighted by Gasteiger charge is 2.12. The van der Waals surface area contributed by atoms with Crippen LogP contribution in [0.5, 0.6) is 0 Å². The molecule has 0 aliphatic rings. The molecule has 0 aromatic heterocycles. The fourth-order valence-corrected chi connectivity index (χ4v) is 1.64. The summed E-state index contributed by atoms with van der Waals surface area (Å²) in [5.41, 5.74) is 0.523. The van der Waals surface area contributed by atoms with Crippen LogP contribution in [0.1, 0.15) is 31.4 Å². The summed E-state index contributed by atoms with van der Waals surface area (Å²) in [7, 11) is 1.85. The largest absolute Gasteiger partial charge is 0.349 e. The van der Waals surface area contributed by atoms with Crippen LogP contribution in [0.2, 0.25) is 0 Å². The van der Waals surface area contributed by atoms with Crippen LogP contribution in [0.3, 0.4) is 0 Å². The first-order valence-corrected chi connectivity index (χ1v) is 5.83. The highest BCUT2D eigenvalue weighted by atomic mass is 19.1. The summed E-state index contributed by atoms with van der Waals surface area (Å²) in [6.07, 6.45) is 1.24. The van der Waals surface area contributed by atoms with Gasteiger partial charge in [0.15, 0.2) is 0 Å². The van der Waals surface area contributed by atoms with E-state index in [4.69, 9.17) is 0 Å². The lowest BCUT2D eigenvalue weighted by Gasteiger charge is -2.14. The Labute approximate surface area is 101 Å². The molecule has 0 saturated carbocycles. The van der Waals surface area contributed by atoms with Gasteiger partial charge in [-0.15, -0.1) is 0 Å². The maximum Gasteiger partial charge on any atom is 0.220 e. The van der Waals surface area contributed by atoms with E-state index in [1.807, 2.05) is 7.05 Å². The van der Waals surface area contributed by atoms with Crippen LogP contribution in [-0.4, -0.2) is 19.5 Å². The van der Waals surface area contributed by atoms with E-state index in [-0.39, 0.29) is 17.8 Å². The van der Waals surface area contributed by atoms with Crippen molar-refractivity contribution in [3.05, 3.63) is 35.6 Å². The van der Waals surface area contributed by atoms with E-state index < -0.39 is 0 Å². The van der Waals surface area contributed by atoms with Crippen molar-refractivity contribution in [3.8, 4) is 0 Å². The molecule has 0 bridgehead atoms. The van der Waals surface area contributed by atoms with Crippen LogP contribution in [-0.2, 0) is 4.79 Å².